The van der Waals surface area contributed by atoms with E-state index >= 15 is 0 Å². The molecule has 1 rings (SSSR count). The maximum Gasteiger partial charge on any atom is 0.275 e. The maximum absolute atomic E-state index is 11.1. The Morgan fingerprint density at radius 1 is 1.47 bits per heavy atom. The molecule has 0 aromatic heterocycles. The van der Waals surface area contributed by atoms with Gasteiger partial charge >= 0.3 is 0 Å². The van der Waals surface area contributed by atoms with E-state index in [1.165, 1.54) is 6.07 Å². The van der Waals surface area contributed by atoms with Crippen molar-refractivity contribution < 1.29 is 13.3 Å². The largest absolute Gasteiger partial charge is 0.309 e. The van der Waals surface area contributed by atoms with Gasteiger partial charge in [0.1, 0.15) is 9.84 Å². The monoisotopic (exact) mass is 306 g/mol. The first-order valence-corrected chi connectivity index (χ1v) is 7.97. The van der Waals surface area contributed by atoms with Crippen molar-refractivity contribution in [1.82, 2.24) is 5.32 Å². The third-order valence-corrected chi connectivity index (χ3v) is 3.78. The summed E-state index contributed by atoms with van der Waals surface area (Å²) in [4.78, 5) is 10.4. The van der Waals surface area contributed by atoms with Crippen LogP contribution in [-0.4, -0.2) is 31.4 Å². The summed E-state index contributed by atoms with van der Waals surface area (Å²) >= 11 is 5.71. The van der Waals surface area contributed by atoms with Gasteiger partial charge in [-0.3, -0.25) is 10.1 Å². The van der Waals surface area contributed by atoms with Gasteiger partial charge in [0, 0.05) is 35.5 Å². The van der Waals surface area contributed by atoms with Crippen LogP contribution in [0.1, 0.15) is 12.5 Å². The molecule has 0 aliphatic carbocycles. The van der Waals surface area contributed by atoms with Crippen molar-refractivity contribution >= 4 is 27.1 Å². The Kier molecular flexibility index (Phi) is 5.28. The number of nitro benzene ring substituents is 1. The number of hydrogen-bond donors (Lipinski definition) is 1. The molecule has 1 N–H and O–H groups in total. The second kappa shape index (κ2) is 6.31. The lowest BCUT2D eigenvalue weighted by molar-refractivity contribution is -0.385. The van der Waals surface area contributed by atoms with E-state index in [1.54, 1.807) is 19.1 Å². The SMILES string of the molecule is CC(CS(C)(=O)=O)NCc1ccc(Cl)cc1[N+](=O)[O-]. The summed E-state index contributed by atoms with van der Waals surface area (Å²) in [6, 6.07) is 4.11. The van der Waals surface area contributed by atoms with Crippen molar-refractivity contribution in [3.8, 4) is 0 Å². The van der Waals surface area contributed by atoms with Crippen molar-refractivity contribution in [2.75, 3.05) is 12.0 Å². The Morgan fingerprint density at radius 2 is 2.11 bits per heavy atom. The van der Waals surface area contributed by atoms with Crippen LogP contribution in [0.25, 0.3) is 0 Å². The summed E-state index contributed by atoms with van der Waals surface area (Å²) < 4.78 is 22.2. The third-order valence-electron chi connectivity index (χ3n) is 2.44. The summed E-state index contributed by atoms with van der Waals surface area (Å²) in [5.41, 5.74) is 0.390. The average Bonchev–Trinajstić information content (AvgIpc) is 2.24. The Balaban J connectivity index is 2.75. The molecule has 0 heterocycles. The average molecular weight is 307 g/mol. The fraction of sp³-hybridized carbons (Fsp3) is 0.455. The van der Waals surface area contributed by atoms with E-state index < -0.39 is 14.8 Å². The molecule has 0 aliphatic heterocycles. The Bertz CT molecular complexity index is 574. The third kappa shape index (κ3) is 5.54. The van der Waals surface area contributed by atoms with Gasteiger partial charge in [-0.2, -0.15) is 0 Å². The highest BCUT2D eigenvalue weighted by molar-refractivity contribution is 7.90. The minimum Gasteiger partial charge on any atom is -0.309 e. The number of nitrogens with zero attached hydrogens (tertiary/aromatic N) is 1. The van der Waals surface area contributed by atoms with Gasteiger partial charge in [0.15, 0.2) is 0 Å². The van der Waals surface area contributed by atoms with Crippen LogP contribution in [0.2, 0.25) is 5.02 Å². The zero-order chi connectivity index (χ0) is 14.6. The summed E-state index contributed by atoms with van der Waals surface area (Å²) in [6.45, 7) is 1.92. The molecule has 0 saturated carbocycles. The van der Waals surface area contributed by atoms with Crippen LogP contribution in [0.4, 0.5) is 5.69 Å². The molecule has 1 unspecified atom stereocenters. The topological polar surface area (TPSA) is 89.3 Å². The molecule has 0 fully saturated rings. The molecule has 8 heteroatoms. The van der Waals surface area contributed by atoms with Crippen molar-refractivity contribution in [3.05, 3.63) is 38.9 Å². The lowest BCUT2D eigenvalue weighted by Gasteiger charge is -2.12. The lowest BCUT2D eigenvalue weighted by Crippen LogP contribution is -2.32. The number of sulfone groups is 1. The van der Waals surface area contributed by atoms with E-state index in [1.807, 2.05) is 0 Å². The van der Waals surface area contributed by atoms with Gasteiger partial charge in [0.05, 0.1) is 10.7 Å². The van der Waals surface area contributed by atoms with Gasteiger partial charge in [-0.25, -0.2) is 8.42 Å². The predicted octanol–water partition coefficient (Wildman–Crippen LogP) is 1.77. The Morgan fingerprint density at radius 3 is 2.63 bits per heavy atom. The second-order valence-corrected chi connectivity index (χ2v) is 7.03. The van der Waals surface area contributed by atoms with Crippen molar-refractivity contribution in [2.24, 2.45) is 0 Å². The standard InChI is InChI=1S/C11H15ClN2O4S/c1-8(7-19(2,17)18)13-6-9-3-4-10(12)5-11(9)14(15)16/h3-5,8,13H,6-7H2,1-2H3. The van der Waals surface area contributed by atoms with E-state index in [0.717, 1.165) is 6.26 Å². The zero-order valence-electron chi connectivity index (χ0n) is 10.6. The van der Waals surface area contributed by atoms with Crippen LogP contribution in [0.15, 0.2) is 18.2 Å². The Labute approximate surface area is 116 Å². The van der Waals surface area contributed by atoms with Crippen LogP contribution in [0, 0.1) is 10.1 Å². The van der Waals surface area contributed by atoms with E-state index in [-0.39, 0.29) is 24.0 Å². The zero-order valence-corrected chi connectivity index (χ0v) is 12.2. The van der Waals surface area contributed by atoms with Gasteiger partial charge in [-0.1, -0.05) is 11.6 Å². The predicted molar refractivity (Wildman–Crippen MR) is 74.1 cm³/mol. The highest BCUT2D eigenvalue weighted by atomic mass is 35.5. The quantitative estimate of drug-likeness (QED) is 0.639. The highest BCUT2D eigenvalue weighted by Crippen LogP contribution is 2.23. The van der Waals surface area contributed by atoms with Gasteiger partial charge in [-0.05, 0) is 19.1 Å². The number of nitrogens with one attached hydrogen (secondary N) is 1. The summed E-state index contributed by atoms with van der Waals surface area (Å²) in [5, 5.41) is 14.1. The molecule has 19 heavy (non-hydrogen) atoms. The molecule has 0 saturated heterocycles. The molecular formula is C11H15ClN2O4S. The number of benzene rings is 1. The fourth-order valence-corrected chi connectivity index (χ4v) is 2.85. The molecule has 0 spiro atoms. The molecule has 0 radical (unpaired) electrons. The van der Waals surface area contributed by atoms with Gasteiger partial charge in [0.25, 0.3) is 5.69 Å². The summed E-state index contributed by atoms with van der Waals surface area (Å²) in [5.74, 6) is -0.0195. The van der Waals surface area contributed by atoms with Crippen molar-refractivity contribution in [2.45, 2.75) is 19.5 Å². The second-order valence-electron chi connectivity index (χ2n) is 4.40. The molecule has 0 bridgehead atoms. The molecular weight excluding hydrogens is 292 g/mol. The number of nitro groups is 1. The molecule has 6 nitrogen and oxygen atoms in total. The van der Waals surface area contributed by atoms with Crippen molar-refractivity contribution in [1.29, 1.82) is 0 Å². The van der Waals surface area contributed by atoms with Crippen LogP contribution in [-0.2, 0) is 16.4 Å². The first-order chi connectivity index (χ1) is 8.69. The smallest absolute Gasteiger partial charge is 0.275 e. The first-order valence-electron chi connectivity index (χ1n) is 5.53. The summed E-state index contributed by atoms with van der Waals surface area (Å²) in [7, 11) is -3.08. The summed E-state index contributed by atoms with van der Waals surface area (Å²) in [6.07, 6.45) is 1.15. The van der Waals surface area contributed by atoms with Gasteiger partial charge < -0.3 is 5.32 Å². The van der Waals surface area contributed by atoms with Gasteiger partial charge in [0.2, 0.25) is 0 Å². The van der Waals surface area contributed by atoms with E-state index in [9.17, 15) is 18.5 Å². The van der Waals surface area contributed by atoms with Crippen LogP contribution in [0.5, 0.6) is 0 Å². The van der Waals surface area contributed by atoms with E-state index in [0.29, 0.717) is 10.6 Å². The Hall–Kier alpha value is -1.18. The normalized spacial score (nSPS) is 13.2. The van der Waals surface area contributed by atoms with Crippen LogP contribution < -0.4 is 5.32 Å². The van der Waals surface area contributed by atoms with E-state index in [2.05, 4.69) is 5.32 Å². The van der Waals surface area contributed by atoms with Crippen LogP contribution >= 0.6 is 11.6 Å². The number of hydrogen-bond acceptors (Lipinski definition) is 5. The van der Waals surface area contributed by atoms with Gasteiger partial charge in [-0.15, -0.1) is 0 Å². The minimum absolute atomic E-state index is 0.0195. The minimum atomic E-state index is -3.08. The van der Waals surface area contributed by atoms with E-state index in [4.69, 9.17) is 11.6 Å². The maximum atomic E-state index is 11.1. The highest BCUT2D eigenvalue weighted by Gasteiger charge is 2.16. The molecule has 106 valence electrons. The molecule has 1 atom stereocenters. The van der Waals surface area contributed by atoms with Crippen molar-refractivity contribution in [3.63, 3.8) is 0 Å². The fourth-order valence-electron chi connectivity index (χ4n) is 1.65. The number of rotatable bonds is 6. The molecule has 1 aromatic rings. The molecule has 0 aliphatic rings. The lowest BCUT2D eigenvalue weighted by atomic mass is 10.1. The van der Waals surface area contributed by atoms with Crippen LogP contribution in [0.3, 0.4) is 0 Å². The number of halogens is 1. The first kappa shape index (κ1) is 15.9. The molecule has 0 amide bonds. The molecule has 1 aromatic carbocycles.